The quantitative estimate of drug-likeness (QED) is 0.682. The zero-order valence-electron chi connectivity index (χ0n) is 13.2. The highest BCUT2D eigenvalue weighted by Crippen LogP contribution is 2.21. The number of nitrogens with zero attached hydrogens (tertiary/aromatic N) is 3. The van der Waals surface area contributed by atoms with E-state index in [-0.39, 0.29) is 17.2 Å². The number of nitrogens with one attached hydrogen (secondary N) is 1. The third kappa shape index (κ3) is 4.37. The maximum atomic E-state index is 12.9. The van der Waals surface area contributed by atoms with Gasteiger partial charge in [0.2, 0.25) is 5.82 Å². The Labute approximate surface area is 152 Å². The van der Waals surface area contributed by atoms with Gasteiger partial charge in [-0.05, 0) is 35.9 Å². The van der Waals surface area contributed by atoms with Gasteiger partial charge in [0.05, 0.1) is 0 Å². The van der Waals surface area contributed by atoms with Crippen LogP contribution in [0.15, 0.2) is 58.5 Å². The van der Waals surface area contributed by atoms with Crippen LogP contribution in [-0.2, 0) is 12.8 Å². The minimum absolute atomic E-state index is 0.121. The van der Waals surface area contributed by atoms with Crippen molar-refractivity contribution in [2.75, 3.05) is 5.32 Å². The lowest BCUT2D eigenvalue weighted by molar-refractivity contribution is 0.627. The second-order valence-electron chi connectivity index (χ2n) is 5.25. The topological polar surface area (TPSA) is 59.8 Å². The predicted molar refractivity (Wildman–Crippen MR) is 98.0 cm³/mol. The van der Waals surface area contributed by atoms with Gasteiger partial charge in [0.1, 0.15) is 5.82 Å². The van der Waals surface area contributed by atoms with Crippen LogP contribution in [0.5, 0.6) is 0 Å². The largest absolute Gasteiger partial charge is 0.334 e. The summed E-state index contributed by atoms with van der Waals surface area (Å²) in [6.07, 6.45) is 0. The Morgan fingerprint density at radius 1 is 1.20 bits per heavy atom. The van der Waals surface area contributed by atoms with Crippen molar-refractivity contribution in [3.63, 3.8) is 0 Å². The summed E-state index contributed by atoms with van der Waals surface area (Å²) >= 11 is 7.29. The normalized spacial score (nSPS) is 10.7. The van der Waals surface area contributed by atoms with Crippen LogP contribution >= 0.6 is 23.4 Å². The van der Waals surface area contributed by atoms with Gasteiger partial charge < -0.3 is 5.32 Å². The van der Waals surface area contributed by atoms with Crippen molar-refractivity contribution in [2.45, 2.75) is 10.9 Å². The van der Waals surface area contributed by atoms with Gasteiger partial charge in [-0.3, -0.25) is 9.36 Å². The Kier molecular flexibility index (Phi) is 5.35. The van der Waals surface area contributed by atoms with Crippen molar-refractivity contribution in [1.29, 1.82) is 0 Å². The van der Waals surface area contributed by atoms with Crippen molar-refractivity contribution in [3.05, 3.63) is 75.3 Å². The van der Waals surface area contributed by atoms with Gasteiger partial charge in [0, 0.05) is 23.5 Å². The van der Waals surface area contributed by atoms with E-state index in [1.54, 1.807) is 43.4 Å². The second kappa shape index (κ2) is 7.67. The maximum absolute atomic E-state index is 12.9. The zero-order valence-corrected chi connectivity index (χ0v) is 14.8. The Morgan fingerprint density at radius 2 is 1.96 bits per heavy atom. The molecule has 0 aliphatic heterocycles. The molecule has 0 fully saturated rings. The number of anilines is 2. The number of aromatic nitrogens is 3. The molecule has 1 heterocycles. The number of hydrogen-bond acceptors (Lipinski definition) is 5. The molecule has 0 bridgehead atoms. The molecule has 0 amide bonds. The SMILES string of the molecule is Cn1c(SCc2ccc(F)cc2)nnc(Nc2cccc(Cl)c2)c1=O. The van der Waals surface area contributed by atoms with Crippen LogP contribution in [-0.4, -0.2) is 14.8 Å². The van der Waals surface area contributed by atoms with Crippen LogP contribution in [0.2, 0.25) is 5.02 Å². The summed E-state index contributed by atoms with van der Waals surface area (Å²) in [5, 5.41) is 12.0. The van der Waals surface area contributed by atoms with Gasteiger partial charge in [-0.15, -0.1) is 10.2 Å². The lowest BCUT2D eigenvalue weighted by atomic mass is 10.2. The second-order valence-corrected chi connectivity index (χ2v) is 6.62. The summed E-state index contributed by atoms with van der Waals surface area (Å²) in [5.74, 6) is 0.400. The van der Waals surface area contributed by atoms with Gasteiger partial charge >= 0.3 is 0 Å². The highest BCUT2D eigenvalue weighted by atomic mass is 35.5. The van der Waals surface area contributed by atoms with Crippen molar-refractivity contribution >= 4 is 34.9 Å². The number of halogens is 2. The van der Waals surface area contributed by atoms with Gasteiger partial charge in [-0.2, -0.15) is 0 Å². The first-order valence-corrected chi connectivity index (χ1v) is 8.73. The van der Waals surface area contributed by atoms with E-state index < -0.39 is 0 Å². The molecule has 0 saturated carbocycles. The molecule has 3 rings (SSSR count). The van der Waals surface area contributed by atoms with Crippen LogP contribution in [0.25, 0.3) is 0 Å². The molecule has 128 valence electrons. The molecule has 0 aliphatic carbocycles. The van der Waals surface area contributed by atoms with Crippen LogP contribution in [0.1, 0.15) is 5.56 Å². The summed E-state index contributed by atoms with van der Waals surface area (Å²) in [5.41, 5.74) is 1.30. The van der Waals surface area contributed by atoms with E-state index >= 15 is 0 Å². The van der Waals surface area contributed by atoms with E-state index in [4.69, 9.17) is 11.6 Å². The smallest absolute Gasteiger partial charge is 0.297 e. The summed E-state index contributed by atoms with van der Waals surface area (Å²) in [4.78, 5) is 12.4. The molecule has 2 aromatic carbocycles. The van der Waals surface area contributed by atoms with Gasteiger partial charge in [-0.1, -0.05) is 41.6 Å². The molecular formula is C17H14ClFN4OS. The maximum Gasteiger partial charge on any atom is 0.297 e. The first-order valence-electron chi connectivity index (χ1n) is 7.36. The molecule has 1 aromatic heterocycles. The summed E-state index contributed by atoms with van der Waals surface area (Å²) in [6, 6.07) is 13.2. The molecule has 0 unspecified atom stereocenters. The lowest BCUT2D eigenvalue weighted by Crippen LogP contribution is -2.24. The van der Waals surface area contributed by atoms with Crippen LogP contribution in [0.4, 0.5) is 15.9 Å². The summed E-state index contributed by atoms with van der Waals surface area (Å²) in [6.45, 7) is 0. The molecular weight excluding hydrogens is 363 g/mol. The molecule has 3 aromatic rings. The van der Waals surface area contributed by atoms with Gasteiger partial charge in [0.25, 0.3) is 5.56 Å². The third-order valence-corrected chi connectivity index (χ3v) is 4.72. The first kappa shape index (κ1) is 17.4. The van der Waals surface area contributed by atoms with E-state index in [0.717, 1.165) is 5.56 Å². The van der Waals surface area contributed by atoms with Crippen molar-refractivity contribution < 1.29 is 4.39 Å². The minimum Gasteiger partial charge on any atom is -0.334 e. The number of rotatable bonds is 5. The number of thioether (sulfide) groups is 1. The summed E-state index contributed by atoms with van der Waals surface area (Å²) in [7, 11) is 1.63. The van der Waals surface area contributed by atoms with E-state index in [0.29, 0.717) is 21.6 Å². The molecule has 0 aliphatic rings. The minimum atomic E-state index is -0.295. The Balaban J connectivity index is 1.75. The van der Waals surface area contributed by atoms with Crippen molar-refractivity contribution in [2.24, 2.45) is 7.05 Å². The number of hydrogen-bond donors (Lipinski definition) is 1. The predicted octanol–water partition coefficient (Wildman–Crippen LogP) is 4.00. The average molecular weight is 377 g/mol. The molecule has 0 spiro atoms. The molecule has 8 heteroatoms. The third-order valence-electron chi connectivity index (χ3n) is 3.40. The Morgan fingerprint density at radius 3 is 2.68 bits per heavy atom. The molecule has 0 atom stereocenters. The lowest BCUT2D eigenvalue weighted by Gasteiger charge is -2.09. The highest BCUT2D eigenvalue weighted by molar-refractivity contribution is 7.98. The zero-order chi connectivity index (χ0) is 17.8. The van der Waals surface area contributed by atoms with E-state index in [1.165, 1.54) is 28.5 Å². The van der Waals surface area contributed by atoms with Gasteiger partial charge in [-0.25, -0.2) is 4.39 Å². The van der Waals surface area contributed by atoms with Crippen molar-refractivity contribution in [1.82, 2.24) is 14.8 Å². The highest BCUT2D eigenvalue weighted by Gasteiger charge is 2.10. The summed E-state index contributed by atoms with van der Waals surface area (Å²) < 4.78 is 14.4. The molecule has 0 saturated heterocycles. The Bertz CT molecular complexity index is 946. The first-order chi connectivity index (χ1) is 12.0. The van der Waals surface area contributed by atoms with Crippen LogP contribution < -0.4 is 10.9 Å². The van der Waals surface area contributed by atoms with Gasteiger partial charge in [0.15, 0.2) is 5.16 Å². The molecule has 5 nitrogen and oxygen atoms in total. The fourth-order valence-electron chi connectivity index (χ4n) is 2.08. The average Bonchev–Trinajstić information content (AvgIpc) is 2.60. The molecule has 0 radical (unpaired) electrons. The van der Waals surface area contributed by atoms with E-state index in [1.807, 2.05) is 0 Å². The van der Waals surface area contributed by atoms with Crippen molar-refractivity contribution in [3.8, 4) is 0 Å². The fourth-order valence-corrected chi connectivity index (χ4v) is 3.14. The Hall–Kier alpha value is -2.38. The van der Waals surface area contributed by atoms with Crippen LogP contribution in [0.3, 0.4) is 0 Å². The van der Waals surface area contributed by atoms with Crippen LogP contribution in [0, 0.1) is 5.82 Å². The van der Waals surface area contributed by atoms with E-state index in [9.17, 15) is 9.18 Å². The van der Waals surface area contributed by atoms with E-state index in [2.05, 4.69) is 15.5 Å². The fraction of sp³-hybridized carbons (Fsp3) is 0.118. The monoisotopic (exact) mass is 376 g/mol. The molecule has 25 heavy (non-hydrogen) atoms. The number of benzene rings is 2. The molecule has 1 N–H and O–H groups in total. The standard InChI is InChI=1S/C17H14ClFN4OS/c1-23-16(24)15(20-14-4-2-3-12(18)9-14)21-22-17(23)25-10-11-5-7-13(19)8-6-11/h2-9H,10H2,1H3,(H,20,21).